The van der Waals surface area contributed by atoms with E-state index in [1.807, 2.05) is 0 Å². The molecule has 6 heteroatoms. The Hall–Kier alpha value is -2.08. The lowest BCUT2D eigenvalue weighted by Crippen LogP contribution is -2.20. The number of hydrogen-bond acceptors (Lipinski definition) is 4. The van der Waals surface area contributed by atoms with Gasteiger partial charge in [0.05, 0.1) is 13.3 Å². The van der Waals surface area contributed by atoms with E-state index in [0.717, 1.165) is 5.75 Å². The van der Waals surface area contributed by atoms with Crippen molar-refractivity contribution in [3.05, 3.63) is 47.2 Å². The number of nitrogens with zero attached hydrogens (tertiary/aromatic N) is 1. The number of halogens is 1. The molecule has 0 atom stereocenters. The van der Waals surface area contributed by atoms with Crippen LogP contribution in [0.25, 0.3) is 0 Å². The zero-order valence-corrected chi connectivity index (χ0v) is 12.4. The van der Waals surface area contributed by atoms with Gasteiger partial charge in [-0.05, 0) is 52.3 Å². The highest BCUT2D eigenvalue weighted by Gasteiger charge is 2.04. The van der Waals surface area contributed by atoms with Crippen LogP contribution in [0.4, 0.5) is 5.69 Å². The molecule has 0 spiro atoms. The Labute approximate surface area is 125 Å². The second-order valence-corrected chi connectivity index (χ2v) is 4.69. The van der Waals surface area contributed by atoms with Crippen molar-refractivity contribution in [3.8, 4) is 11.5 Å². The maximum Gasteiger partial charge on any atom is 0.262 e. The van der Waals surface area contributed by atoms with Crippen LogP contribution in [0.2, 0.25) is 0 Å². The summed E-state index contributed by atoms with van der Waals surface area (Å²) in [5, 5.41) is 2.73. The van der Waals surface area contributed by atoms with Crippen molar-refractivity contribution in [1.29, 1.82) is 0 Å². The second kappa shape index (κ2) is 6.91. The number of amides is 1. The molecule has 1 aromatic heterocycles. The number of hydrogen-bond donors (Lipinski definition) is 1. The molecule has 2 rings (SSSR count). The Morgan fingerprint density at radius 2 is 1.90 bits per heavy atom. The minimum atomic E-state index is -0.238. The monoisotopic (exact) mass is 336 g/mol. The molecule has 0 fully saturated rings. The normalized spacial score (nSPS) is 9.90. The molecule has 1 aromatic carbocycles. The molecule has 1 amide bonds. The molecule has 1 heterocycles. The van der Waals surface area contributed by atoms with E-state index in [2.05, 4.69) is 26.2 Å². The van der Waals surface area contributed by atoms with Gasteiger partial charge in [0.25, 0.3) is 5.91 Å². The summed E-state index contributed by atoms with van der Waals surface area (Å²) in [6.45, 7) is -0.0741. The van der Waals surface area contributed by atoms with Crippen molar-refractivity contribution < 1.29 is 14.3 Å². The van der Waals surface area contributed by atoms with Crippen LogP contribution in [-0.2, 0) is 4.79 Å². The molecule has 2 aromatic rings. The lowest BCUT2D eigenvalue weighted by molar-refractivity contribution is -0.118. The fraction of sp³-hybridized carbons (Fsp3) is 0.143. The summed E-state index contributed by atoms with van der Waals surface area (Å²) in [6.07, 6.45) is 1.55. The summed E-state index contributed by atoms with van der Waals surface area (Å²) >= 11 is 3.23. The molecule has 0 aliphatic heterocycles. The molecular weight excluding hydrogens is 324 g/mol. The quantitative estimate of drug-likeness (QED) is 0.853. The van der Waals surface area contributed by atoms with Crippen molar-refractivity contribution in [3.63, 3.8) is 0 Å². The number of carbonyl (C=O) groups is 1. The van der Waals surface area contributed by atoms with E-state index in [1.165, 1.54) is 0 Å². The minimum Gasteiger partial charge on any atom is -0.497 e. The predicted octanol–water partition coefficient (Wildman–Crippen LogP) is 2.87. The molecule has 5 nitrogen and oxygen atoms in total. The molecule has 0 unspecified atom stereocenters. The number of carbonyl (C=O) groups excluding carboxylic acids is 1. The Morgan fingerprint density at radius 1 is 1.20 bits per heavy atom. The van der Waals surface area contributed by atoms with Gasteiger partial charge in [0.15, 0.2) is 6.61 Å². The van der Waals surface area contributed by atoms with Crippen molar-refractivity contribution in [1.82, 2.24) is 4.98 Å². The van der Waals surface area contributed by atoms with Gasteiger partial charge >= 0.3 is 0 Å². The molecular formula is C14H13BrN2O3. The Bertz CT molecular complexity index is 570. The third-order valence-corrected chi connectivity index (χ3v) is 2.91. The summed E-state index contributed by atoms with van der Waals surface area (Å²) in [6, 6.07) is 10.6. The fourth-order valence-corrected chi connectivity index (χ4v) is 1.70. The number of nitrogens with one attached hydrogen (secondary N) is 1. The van der Waals surface area contributed by atoms with Crippen LogP contribution in [0.5, 0.6) is 11.5 Å². The van der Waals surface area contributed by atoms with Gasteiger partial charge in [-0.3, -0.25) is 4.79 Å². The van der Waals surface area contributed by atoms with Crippen LogP contribution in [0.15, 0.2) is 47.2 Å². The van der Waals surface area contributed by atoms with Crippen LogP contribution in [0.3, 0.4) is 0 Å². The number of anilines is 1. The first-order chi connectivity index (χ1) is 9.67. The first-order valence-electron chi connectivity index (χ1n) is 5.85. The highest BCUT2D eigenvalue weighted by Crippen LogP contribution is 2.15. The lowest BCUT2D eigenvalue weighted by atomic mass is 10.3. The van der Waals surface area contributed by atoms with E-state index in [1.54, 1.807) is 49.7 Å². The zero-order chi connectivity index (χ0) is 14.4. The lowest BCUT2D eigenvalue weighted by Gasteiger charge is -2.08. The van der Waals surface area contributed by atoms with Crippen LogP contribution < -0.4 is 14.8 Å². The van der Waals surface area contributed by atoms with Crippen LogP contribution >= 0.6 is 15.9 Å². The van der Waals surface area contributed by atoms with E-state index in [9.17, 15) is 4.79 Å². The van der Waals surface area contributed by atoms with Crippen LogP contribution in [-0.4, -0.2) is 24.6 Å². The third-order valence-electron chi connectivity index (χ3n) is 2.44. The first-order valence-corrected chi connectivity index (χ1v) is 6.65. The average molecular weight is 337 g/mol. The van der Waals surface area contributed by atoms with Crippen molar-refractivity contribution in [2.45, 2.75) is 0 Å². The van der Waals surface area contributed by atoms with Gasteiger partial charge in [0.1, 0.15) is 16.1 Å². The number of pyridine rings is 1. The molecule has 104 valence electrons. The van der Waals surface area contributed by atoms with Gasteiger partial charge in [0.2, 0.25) is 0 Å². The summed E-state index contributed by atoms with van der Waals surface area (Å²) in [5.41, 5.74) is 0.688. The van der Waals surface area contributed by atoms with Gasteiger partial charge in [0, 0.05) is 5.69 Å². The average Bonchev–Trinajstić information content (AvgIpc) is 2.47. The zero-order valence-electron chi connectivity index (χ0n) is 10.8. The maximum absolute atomic E-state index is 11.7. The largest absolute Gasteiger partial charge is 0.497 e. The maximum atomic E-state index is 11.7. The fourth-order valence-electron chi connectivity index (χ4n) is 1.47. The third kappa shape index (κ3) is 4.24. The minimum absolute atomic E-state index is 0.0741. The van der Waals surface area contributed by atoms with E-state index < -0.39 is 0 Å². The van der Waals surface area contributed by atoms with Crippen molar-refractivity contribution in [2.24, 2.45) is 0 Å². The molecule has 0 aliphatic rings. The summed E-state index contributed by atoms with van der Waals surface area (Å²) in [5.74, 6) is 1.04. The Balaban J connectivity index is 1.84. The number of aromatic nitrogens is 1. The van der Waals surface area contributed by atoms with Crippen molar-refractivity contribution >= 4 is 27.5 Å². The van der Waals surface area contributed by atoms with E-state index in [0.29, 0.717) is 16.0 Å². The predicted molar refractivity (Wildman–Crippen MR) is 79.1 cm³/mol. The summed E-state index contributed by atoms with van der Waals surface area (Å²) in [7, 11) is 1.59. The van der Waals surface area contributed by atoms with Crippen LogP contribution in [0, 0.1) is 0 Å². The highest BCUT2D eigenvalue weighted by atomic mass is 79.9. The molecule has 0 saturated heterocycles. The van der Waals surface area contributed by atoms with Gasteiger partial charge < -0.3 is 14.8 Å². The first kappa shape index (κ1) is 14.3. The smallest absolute Gasteiger partial charge is 0.262 e. The molecule has 0 saturated carbocycles. The Morgan fingerprint density at radius 3 is 2.50 bits per heavy atom. The molecule has 20 heavy (non-hydrogen) atoms. The van der Waals surface area contributed by atoms with E-state index >= 15 is 0 Å². The van der Waals surface area contributed by atoms with Gasteiger partial charge in [-0.15, -0.1) is 0 Å². The Kier molecular flexibility index (Phi) is 4.95. The standard InChI is InChI=1S/C14H13BrN2O3/c1-19-11-4-2-10(3-5-11)17-14(18)9-20-12-6-7-13(15)16-8-12/h2-8H,9H2,1H3,(H,17,18). The second-order valence-electron chi connectivity index (χ2n) is 3.88. The SMILES string of the molecule is COc1ccc(NC(=O)COc2ccc(Br)nc2)cc1. The topological polar surface area (TPSA) is 60.5 Å². The highest BCUT2D eigenvalue weighted by molar-refractivity contribution is 9.10. The molecule has 1 N–H and O–H groups in total. The summed E-state index contributed by atoms with van der Waals surface area (Å²) in [4.78, 5) is 15.7. The van der Waals surface area contributed by atoms with Gasteiger partial charge in [-0.2, -0.15) is 0 Å². The van der Waals surface area contributed by atoms with E-state index in [4.69, 9.17) is 9.47 Å². The number of methoxy groups -OCH3 is 1. The van der Waals surface area contributed by atoms with E-state index in [-0.39, 0.29) is 12.5 Å². The number of benzene rings is 1. The number of rotatable bonds is 5. The van der Waals surface area contributed by atoms with Gasteiger partial charge in [-0.1, -0.05) is 0 Å². The summed E-state index contributed by atoms with van der Waals surface area (Å²) < 4.78 is 11.1. The molecule has 0 bridgehead atoms. The van der Waals surface area contributed by atoms with Gasteiger partial charge in [-0.25, -0.2) is 4.98 Å². The molecule has 0 radical (unpaired) electrons. The van der Waals surface area contributed by atoms with Crippen molar-refractivity contribution in [2.75, 3.05) is 19.0 Å². The number of ether oxygens (including phenoxy) is 2. The molecule has 0 aliphatic carbocycles. The van der Waals surface area contributed by atoms with Crippen LogP contribution in [0.1, 0.15) is 0 Å².